The van der Waals surface area contributed by atoms with E-state index < -0.39 is 10.2 Å². The van der Waals surface area contributed by atoms with E-state index in [1.165, 1.54) is 4.31 Å². The summed E-state index contributed by atoms with van der Waals surface area (Å²) in [4.78, 5) is 4.52. The fourth-order valence-electron chi connectivity index (χ4n) is 2.38. The first-order valence-corrected chi connectivity index (χ1v) is 9.04. The zero-order valence-corrected chi connectivity index (χ0v) is 14.4. The van der Waals surface area contributed by atoms with E-state index in [1.807, 2.05) is 13.8 Å². The van der Waals surface area contributed by atoms with Gasteiger partial charge < -0.3 is 10.6 Å². The van der Waals surface area contributed by atoms with Gasteiger partial charge in [0, 0.05) is 39.8 Å². The Hall–Kier alpha value is -0.860. The van der Waals surface area contributed by atoms with Crippen LogP contribution in [0.3, 0.4) is 0 Å². The first-order chi connectivity index (χ1) is 9.93. The Morgan fingerprint density at radius 1 is 1.24 bits per heavy atom. The molecule has 0 bridgehead atoms. The Kier molecular flexibility index (Phi) is 7.41. The number of hydrogen-bond acceptors (Lipinski definition) is 3. The predicted molar refractivity (Wildman–Crippen MR) is 86.6 cm³/mol. The highest BCUT2D eigenvalue weighted by atomic mass is 32.2. The van der Waals surface area contributed by atoms with Gasteiger partial charge in [-0.3, -0.25) is 4.99 Å². The molecule has 21 heavy (non-hydrogen) atoms. The smallest absolute Gasteiger partial charge is 0.281 e. The van der Waals surface area contributed by atoms with Crippen molar-refractivity contribution in [1.29, 1.82) is 0 Å². The average Bonchev–Trinajstić information content (AvgIpc) is 2.45. The lowest BCUT2D eigenvalue weighted by atomic mass is 10.1. The van der Waals surface area contributed by atoms with Gasteiger partial charge in [-0.1, -0.05) is 6.42 Å². The molecule has 124 valence electrons. The van der Waals surface area contributed by atoms with Gasteiger partial charge in [-0.05, 0) is 26.7 Å². The van der Waals surface area contributed by atoms with Gasteiger partial charge in [-0.15, -0.1) is 0 Å². The molecule has 0 aromatic rings. The Bertz CT molecular complexity index is 428. The monoisotopic (exact) mass is 319 g/mol. The molecule has 2 N–H and O–H groups in total. The fourth-order valence-corrected chi connectivity index (χ4v) is 3.70. The second-order valence-electron chi connectivity index (χ2n) is 5.30. The Balaban J connectivity index is 2.80. The Morgan fingerprint density at radius 2 is 1.86 bits per heavy atom. The molecule has 1 aliphatic heterocycles. The molecule has 0 aliphatic carbocycles. The molecule has 0 spiro atoms. The molecular weight excluding hydrogens is 290 g/mol. The van der Waals surface area contributed by atoms with Crippen molar-refractivity contribution in [3.63, 3.8) is 0 Å². The summed E-state index contributed by atoms with van der Waals surface area (Å²) in [6, 6.07) is -0.0570. The van der Waals surface area contributed by atoms with Crippen molar-refractivity contribution in [3.8, 4) is 0 Å². The molecule has 0 aromatic carbocycles. The largest absolute Gasteiger partial charge is 0.357 e. The molecule has 7 nitrogen and oxygen atoms in total. The Labute approximate surface area is 129 Å². The fraction of sp³-hybridized carbons (Fsp3) is 0.923. The molecule has 8 heteroatoms. The van der Waals surface area contributed by atoms with E-state index in [0.29, 0.717) is 13.1 Å². The normalized spacial score (nSPS) is 20.3. The molecule has 0 radical (unpaired) electrons. The van der Waals surface area contributed by atoms with E-state index in [2.05, 4.69) is 15.6 Å². The molecule has 1 unspecified atom stereocenters. The van der Waals surface area contributed by atoms with Gasteiger partial charge in [0.1, 0.15) is 0 Å². The molecule has 1 heterocycles. The molecule has 1 rings (SSSR count). The molecule has 0 amide bonds. The summed E-state index contributed by atoms with van der Waals surface area (Å²) in [6.45, 7) is 6.67. The van der Waals surface area contributed by atoms with Crippen molar-refractivity contribution in [2.45, 2.75) is 39.2 Å². The third-order valence-corrected chi connectivity index (χ3v) is 5.48. The van der Waals surface area contributed by atoms with Crippen molar-refractivity contribution >= 4 is 16.2 Å². The molecule has 0 aromatic heterocycles. The van der Waals surface area contributed by atoms with Crippen LogP contribution in [0.15, 0.2) is 4.99 Å². The van der Waals surface area contributed by atoms with Crippen LogP contribution in [0.25, 0.3) is 0 Å². The second-order valence-corrected chi connectivity index (χ2v) is 7.40. The molecular formula is C13H29N5O2S. The van der Waals surface area contributed by atoms with Crippen LogP contribution in [0.1, 0.15) is 33.1 Å². The van der Waals surface area contributed by atoms with Gasteiger partial charge in [0.15, 0.2) is 5.96 Å². The highest BCUT2D eigenvalue weighted by Crippen LogP contribution is 2.21. The maximum Gasteiger partial charge on any atom is 0.281 e. The molecule has 1 aliphatic rings. The highest BCUT2D eigenvalue weighted by Gasteiger charge is 2.33. The lowest BCUT2D eigenvalue weighted by Crippen LogP contribution is -2.50. The van der Waals surface area contributed by atoms with Crippen molar-refractivity contribution in [3.05, 3.63) is 0 Å². The van der Waals surface area contributed by atoms with Crippen LogP contribution >= 0.6 is 0 Å². The van der Waals surface area contributed by atoms with Crippen LogP contribution in [-0.4, -0.2) is 69.3 Å². The second kappa shape index (κ2) is 8.55. The van der Waals surface area contributed by atoms with Gasteiger partial charge in [0.25, 0.3) is 10.2 Å². The number of nitrogens with zero attached hydrogens (tertiary/aromatic N) is 3. The predicted octanol–water partition coefficient (Wildman–Crippen LogP) is 0.222. The maximum absolute atomic E-state index is 12.4. The van der Waals surface area contributed by atoms with E-state index in [-0.39, 0.29) is 6.04 Å². The van der Waals surface area contributed by atoms with Gasteiger partial charge in [0.2, 0.25) is 0 Å². The Morgan fingerprint density at radius 3 is 2.38 bits per heavy atom. The molecule has 1 atom stereocenters. The van der Waals surface area contributed by atoms with Gasteiger partial charge >= 0.3 is 0 Å². The van der Waals surface area contributed by atoms with Crippen LogP contribution in [0.4, 0.5) is 0 Å². The maximum atomic E-state index is 12.4. The summed E-state index contributed by atoms with van der Waals surface area (Å²) < 4.78 is 27.6. The third kappa shape index (κ3) is 5.12. The number of guanidine groups is 1. The zero-order chi connectivity index (χ0) is 15.9. The zero-order valence-electron chi connectivity index (χ0n) is 13.6. The molecule has 0 saturated carbocycles. The van der Waals surface area contributed by atoms with E-state index in [4.69, 9.17) is 0 Å². The number of rotatable bonds is 6. The third-order valence-electron chi connectivity index (χ3n) is 3.48. The van der Waals surface area contributed by atoms with E-state index in [9.17, 15) is 8.42 Å². The first-order valence-electron chi connectivity index (χ1n) is 7.64. The van der Waals surface area contributed by atoms with Gasteiger partial charge in [-0.25, -0.2) is 0 Å². The van der Waals surface area contributed by atoms with Crippen LogP contribution in [0.2, 0.25) is 0 Å². The van der Waals surface area contributed by atoms with Gasteiger partial charge in [0.05, 0.1) is 6.54 Å². The SMILES string of the molecule is CCNC(=NCC1CCCCN1S(=O)(=O)N(C)C)NCC. The van der Waals surface area contributed by atoms with Crippen molar-refractivity contribution in [1.82, 2.24) is 19.2 Å². The highest BCUT2D eigenvalue weighted by molar-refractivity contribution is 7.86. The lowest BCUT2D eigenvalue weighted by molar-refractivity contribution is 0.245. The van der Waals surface area contributed by atoms with Crippen molar-refractivity contribution < 1.29 is 8.42 Å². The van der Waals surface area contributed by atoms with E-state index >= 15 is 0 Å². The lowest BCUT2D eigenvalue weighted by Gasteiger charge is -2.35. The number of piperidine rings is 1. The molecule has 1 saturated heterocycles. The van der Waals surface area contributed by atoms with E-state index in [1.54, 1.807) is 18.4 Å². The summed E-state index contributed by atoms with van der Waals surface area (Å²) in [5.74, 6) is 0.743. The average molecular weight is 319 g/mol. The van der Waals surface area contributed by atoms with Crippen LogP contribution in [0, 0.1) is 0 Å². The van der Waals surface area contributed by atoms with Crippen LogP contribution in [0.5, 0.6) is 0 Å². The van der Waals surface area contributed by atoms with E-state index in [0.717, 1.165) is 38.3 Å². The summed E-state index contributed by atoms with van der Waals surface area (Å²) >= 11 is 0. The van der Waals surface area contributed by atoms with Crippen LogP contribution < -0.4 is 10.6 Å². The summed E-state index contributed by atoms with van der Waals surface area (Å²) in [5.41, 5.74) is 0. The molecule has 1 fully saturated rings. The van der Waals surface area contributed by atoms with Crippen LogP contribution in [-0.2, 0) is 10.2 Å². The minimum atomic E-state index is -3.36. The minimum Gasteiger partial charge on any atom is -0.357 e. The van der Waals surface area contributed by atoms with Crippen molar-refractivity contribution in [2.24, 2.45) is 4.99 Å². The minimum absolute atomic E-state index is 0.0570. The number of nitrogens with one attached hydrogen (secondary N) is 2. The summed E-state index contributed by atoms with van der Waals surface area (Å²) in [5, 5.41) is 6.32. The van der Waals surface area contributed by atoms with Gasteiger partial charge in [-0.2, -0.15) is 17.0 Å². The number of aliphatic imine (C=N–C) groups is 1. The summed E-state index contributed by atoms with van der Waals surface area (Å²) in [6.07, 6.45) is 2.83. The number of hydrogen-bond donors (Lipinski definition) is 2. The summed E-state index contributed by atoms with van der Waals surface area (Å²) in [7, 11) is -0.212. The quantitative estimate of drug-likeness (QED) is 0.542. The standard InChI is InChI=1S/C13H29N5O2S/c1-5-14-13(15-6-2)16-11-12-9-7-8-10-18(12)21(19,20)17(3)4/h12H,5-11H2,1-4H3,(H2,14,15,16). The van der Waals surface area contributed by atoms with Crippen molar-refractivity contribution in [2.75, 3.05) is 40.3 Å². The topological polar surface area (TPSA) is 77.0 Å². The first kappa shape index (κ1) is 18.2.